The van der Waals surface area contributed by atoms with Gasteiger partial charge in [0.05, 0.1) is 0 Å². The summed E-state index contributed by atoms with van der Waals surface area (Å²) in [5.74, 6) is 1.81. The van der Waals surface area contributed by atoms with E-state index in [0.717, 1.165) is 11.3 Å². The molecule has 0 spiro atoms. The number of hydrogen-bond donors (Lipinski definition) is 1. The fraction of sp³-hybridized carbons (Fsp3) is 0.385. The predicted octanol–water partition coefficient (Wildman–Crippen LogP) is 3.04. The molecule has 1 aliphatic heterocycles. The second-order valence-electron chi connectivity index (χ2n) is 4.44. The van der Waals surface area contributed by atoms with E-state index >= 15 is 0 Å². The highest BCUT2D eigenvalue weighted by Crippen LogP contribution is 2.29. The van der Waals surface area contributed by atoms with E-state index < -0.39 is 0 Å². The quantitative estimate of drug-likeness (QED) is 0.920. The fourth-order valence-electron chi connectivity index (χ4n) is 2.14. The normalized spacial score (nSPS) is 23.2. The molecule has 2 aromatic rings. The summed E-state index contributed by atoms with van der Waals surface area (Å²) in [5.41, 5.74) is 2.10. The Hall–Kier alpha value is -1.49. The highest BCUT2D eigenvalue weighted by molar-refractivity contribution is 8.00. The summed E-state index contributed by atoms with van der Waals surface area (Å²) < 4.78 is 5.16. The van der Waals surface area contributed by atoms with Gasteiger partial charge in [0.2, 0.25) is 12.3 Å². The van der Waals surface area contributed by atoms with E-state index in [9.17, 15) is 0 Å². The van der Waals surface area contributed by atoms with Gasteiger partial charge in [0.15, 0.2) is 0 Å². The van der Waals surface area contributed by atoms with Crippen LogP contribution in [-0.4, -0.2) is 27.2 Å². The van der Waals surface area contributed by atoms with Crippen molar-refractivity contribution in [3.05, 3.63) is 30.7 Å². The molecule has 0 aliphatic carbocycles. The van der Waals surface area contributed by atoms with Gasteiger partial charge in [0.1, 0.15) is 0 Å². The Labute approximate surface area is 110 Å². The molecule has 1 N–H and O–H groups in total. The maximum atomic E-state index is 5.16. The summed E-state index contributed by atoms with van der Waals surface area (Å²) in [6.45, 7) is 2.28. The van der Waals surface area contributed by atoms with Crippen LogP contribution < -0.4 is 5.32 Å². The molecular formula is C13H15N3OS. The molecule has 18 heavy (non-hydrogen) atoms. The van der Waals surface area contributed by atoms with Gasteiger partial charge in [-0.1, -0.05) is 6.92 Å². The average molecular weight is 261 g/mol. The summed E-state index contributed by atoms with van der Waals surface area (Å²) in [7, 11) is 0. The Morgan fingerprint density at radius 1 is 1.33 bits per heavy atom. The van der Waals surface area contributed by atoms with Crippen LogP contribution >= 0.6 is 11.8 Å². The topological polar surface area (TPSA) is 51.0 Å². The predicted molar refractivity (Wildman–Crippen MR) is 73.7 cm³/mol. The lowest BCUT2D eigenvalue weighted by Gasteiger charge is -2.17. The molecular weight excluding hydrogens is 246 g/mol. The second-order valence-corrected chi connectivity index (χ2v) is 5.92. The van der Waals surface area contributed by atoms with Crippen LogP contribution in [0.3, 0.4) is 0 Å². The van der Waals surface area contributed by atoms with Crippen molar-refractivity contribution in [2.24, 2.45) is 0 Å². The minimum atomic E-state index is 0.561. The van der Waals surface area contributed by atoms with Crippen LogP contribution in [0.5, 0.6) is 0 Å². The Bertz CT molecular complexity index is 497. The minimum absolute atomic E-state index is 0.561. The molecule has 3 rings (SSSR count). The fourth-order valence-corrected chi connectivity index (χ4v) is 3.34. The lowest BCUT2D eigenvalue weighted by atomic mass is 10.1. The summed E-state index contributed by atoms with van der Waals surface area (Å²) >= 11 is 2.03. The maximum Gasteiger partial charge on any atom is 0.247 e. The molecule has 0 amide bonds. The van der Waals surface area contributed by atoms with E-state index in [1.807, 2.05) is 23.9 Å². The highest BCUT2D eigenvalue weighted by atomic mass is 32.2. The van der Waals surface area contributed by atoms with Crippen LogP contribution in [0.2, 0.25) is 0 Å². The monoisotopic (exact) mass is 261 g/mol. The number of hydrogen-bond acceptors (Lipinski definition) is 5. The van der Waals surface area contributed by atoms with Gasteiger partial charge in [-0.3, -0.25) is 0 Å². The third-order valence-corrected chi connectivity index (χ3v) is 4.55. The minimum Gasteiger partial charge on any atom is -0.423 e. The Morgan fingerprint density at radius 2 is 2.17 bits per heavy atom. The Balaban J connectivity index is 1.71. The van der Waals surface area contributed by atoms with E-state index in [1.54, 1.807) is 0 Å². The van der Waals surface area contributed by atoms with Gasteiger partial charge in [0, 0.05) is 22.5 Å². The summed E-state index contributed by atoms with van der Waals surface area (Å²) in [6.07, 6.45) is 2.58. The number of nitrogens with one attached hydrogen (secondary N) is 1. The van der Waals surface area contributed by atoms with Crippen molar-refractivity contribution in [3.8, 4) is 11.5 Å². The van der Waals surface area contributed by atoms with Crippen molar-refractivity contribution >= 4 is 17.4 Å². The molecule has 2 heterocycles. The first-order valence-corrected chi connectivity index (χ1v) is 7.12. The number of benzene rings is 1. The zero-order valence-electron chi connectivity index (χ0n) is 10.2. The third-order valence-electron chi connectivity index (χ3n) is 3.22. The van der Waals surface area contributed by atoms with Crippen LogP contribution in [-0.2, 0) is 0 Å². The maximum absolute atomic E-state index is 5.16. The van der Waals surface area contributed by atoms with Gasteiger partial charge in [-0.05, 0) is 36.4 Å². The van der Waals surface area contributed by atoms with Crippen molar-refractivity contribution in [2.45, 2.75) is 24.6 Å². The Morgan fingerprint density at radius 3 is 2.78 bits per heavy atom. The summed E-state index contributed by atoms with van der Waals surface area (Å²) in [5, 5.41) is 11.8. The standard InChI is InChI=1S/C13H15N3OS/c1-9-12(6-7-18-9)15-11-4-2-10(3-5-11)13-16-14-8-17-13/h2-5,8-9,12,15H,6-7H2,1H3. The molecule has 2 unspecified atom stereocenters. The van der Waals surface area contributed by atoms with E-state index in [1.165, 1.54) is 18.6 Å². The second kappa shape index (κ2) is 5.02. The van der Waals surface area contributed by atoms with Gasteiger partial charge in [-0.15, -0.1) is 10.2 Å². The van der Waals surface area contributed by atoms with Crippen LogP contribution in [0.4, 0.5) is 5.69 Å². The number of thioether (sulfide) groups is 1. The first-order chi connectivity index (χ1) is 8.83. The van der Waals surface area contributed by atoms with E-state index in [0.29, 0.717) is 17.2 Å². The average Bonchev–Trinajstić information content (AvgIpc) is 3.03. The largest absolute Gasteiger partial charge is 0.423 e. The molecule has 1 fully saturated rings. The van der Waals surface area contributed by atoms with Crippen LogP contribution in [0.15, 0.2) is 35.1 Å². The van der Waals surface area contributed by atoms with Gasteiger partial charge < -0.3 is 9.73 Å². The van der Waals surface area contributed by atoms with Crippen molar-refractivity contribution in [1.82, 2.24) is 10.2 Å². The van der Waals surface area contributed by atoms with Gasteiger partial charge in [0.25, 0.3) is 0 Å². The van der Waals surface area contributed by atoms with Crippen LogP contribution in [0.1, 0.15) is 13.3 Å². The van der Waals surface area contributed by atoms with Gasteiger partial charge in [-0.2, -0.15) is 11.8 Å². The Kier molecular flexibility index (Phi) is 3.23. The molecule has 0 saturated carbocycles. The lowest BCUT2D eigenvalue weighted by molar-refractivity contribution is 0.568. The number of rotatable bonds is 3. The van der Waals surface area contributed by atoms with Crippen LogP contribution in [0, 0.1) is 0 Å². The van der Waals surface area contributed by atoms with Gasteiger partial charge >= 0.3 is 0 Å². The molecule has 1 saturated heterocycles. The van der Waals surface area contributed by atoms with Crippen LogP contribution in [0.25, 0.3) is 11.5 Å². The molecule has 1 aliphatic rings. The molecule has 0 bridgehead atoms. The summed E-state index contributed by atoms with van der Waals surface area (Å²) in [6, 6.07) is 8.71. The van der Waals surface area contributed by atoms with E-state index in [4.69, 9.17) is 4.42 Å². The molecule has 94 valence electrons. The summed E-state index contributed by atoms with van der Waals surface area (Å²) in [4.78, 5) is 0. The molecule has 5 heteroatoms. The van der Waals surface area contributed by atoms with Crippen molar-refractivity contribution in [1.29, 1.82) is 0 Å². The highest BCUT2D eigenvalue weighted by Gasteiger charge is 2.23. The van der Waals surface area contributed by atoms with E-state index in [-0.39, 0.29) is 0 Å². The lowest BCUT2D eigenvalue weighted by Crippen LogP contribution is -2.24. The van der Waals surface area contributed by atoms with Crippen molar-refractivity contribution in [2.75, 3.05) is 11.1 Å². The van der Waals surface area contributed by atoms with Crippen molar-refractivity contribution < 1.29 is 4.42 Å². The van der Waals surface area contributed by atoms with Crippen molar-refractivity contribution in [3.63, 3.8) is 0 Å². The number of nitrogens with zero attached hydrogens (tertiary/aromatic N) is 2. The molecule has 4 nitrogen and oxygen atoms in total. The molecule has 1 aromatic heterocycles. The zero-order valence-corrected chi connectivity index (χ0v) is 11.0. The first-order valence-electron chi connectivity index (χ1n) is 6.07. The van der Waals surface area contributed by atoms with E-state index in [2.05, 4.69) is 34.6 Å². The van der Waals surface area contributed by atoms with Gasteiger partial charge in [-0.25, -0.2) is 0 Å². The number of anilines is 1. The smallest absolute Gasteiger partial charge is 0.247 e. The first kappa shape index (κ1) is 11.6. The zero-order chi connectivity index (χ0) is 12.4. The molecule has 1 aromatic carbocycles. The SMILES string of the molecule is CC1SCCC1Nc1ccc(-c2nnco2)cc1. The number of aromatic nitrogens is 2. The molecule has 2 atom stereocenters. The molecule has 0 radical (unpaired) electrons. The third kappa shape index (κ3) is 2.36.